The average Bonchev–Trinajstić information content (AvgIpc) is 3.29. The number of fused-ring (bicyclic) bond motifs is 3. The zero-order chi connectivity index (χ0) is 20.7. The van der Waals surface area contributed by atoms with E-state index in [1.807, 2.05) is 6.07 Å². The van der Waals surface area contributed by atoms with Crippen molar-refractivity contribution in [2.75, 3.05) is 20.2 Å². The maximum absolute atomic E-state index is 13.3. The Morgan fingerprint density at radius 2 is 1.77 bits per heavy atom. The van der Waals surface area contributed by atoms with Gasteiger partial charge in [0.15, 0.2) is 0 Å². The summed E-state index contributed by atoms with van der Waals surface area (Å²) in [6.07, 6.45) is 4.45. The Labute approximate surface area is 177 Å². The van der Waals surface area contributed by atoms with Gasteiger partial charge < -0.3 is 4.74 Å². The molecule has 4 heteroatoms. The predicted molar refractivity (Wildman–Crippen MR) is 113 cm³/mol. The van der Waals surface area contributed by atoms with E-state index in [9.17, 15) is 9.18 Å². The highest BCUT2D eigenvalue weighted by molar-refractivity contribution is 5.73. The molecular formula is C26H26FNO2. The van der Waals surface area contributed by atoms with Gasteiger partial charge in [0.25, 0.3) is 0 Å². The van der Waals surface area contributed by atoms with E-state index < -0.39 is 0 Å². The lowest BCUT2D eigenvalue weighted by atomic mass is 9.84. The summed E-state index contributed by atoms with van der Waals surface area (Å²) in [5, 5.41) is 0. The van der Waals surface area contributed by atoms with Crippen molar-refractivity contribution in [3.63, 3.8) is 0 Å². The van der Waals surface area contributed by atoms with Crippen molar-refractivity contribution in [2.45, 2.75) is 31.7 Å². The fourth-order valence-electron chi connectivity index (χ4n) is 5.80. The summed E-state index contributed by atoms with van der Waals surface area (Å²) in [5.74, 6) is 6.91. The lowest BCUT2D eigenvalue weighted by molar-refractivity contribution is -0.150. The monoisotopic (exact) mass is 403 g/mol. The van der Waals surface area contributed by atoms with Gasteiger partial charge in [-0.15, -0.1) is 0 Å². The Hall–Kier alpha value is -2.64. The lowest BCUT2D eigenvalue weighted by Crippen LogP contribution is -2.46. The molecule has 0 aromatic heterocycles. The standard InChI is InChI=1S/C26H26FNO2/c1-30-26(29)25-20-8-9-21(25)16-28(15-20)24-12-10-19-13-18(7-11-23(19)24)6-5-17-3-2-4-22(27)14-17/h2-4,7,11,13-14,20-21,24-25H,8-10,12,15-16H2,1H3/t20-,21+,24?,25?. The molecule has 2 unspecified atom stereocenters. The normalized spacial score (nSPS) is 27.3. The van der Waals surface area contributed by atoms with Crippen LogP contribution in [0, 0.1) is 35.4 Å². The maximum atomic E-state index is 13.3. The van der Waals surface area contributed by atoms with Crippen LogP contribution in [0.3, 0.4) is 0 Å². The van der Waals surface area contributed by atoms with Crippen molar-refractivity contribution >= 4 is 5.97 Å². The van der Waals surface area contributed by atoms with Crippen molar-refractivity contribution in [1.29, 1.82) is 0 Å². The van der Waals surface area contributed by atoms with Crippen molar-refractivity contribution in [2.24, 2.45) is 17.8 Å². The predicted octanol–water partition coefficient (Wildman–Crippen LogP) is 4.34. The van der Waals surface area contributed by atoms with E-state index >= 15 is 0 Å². The van der Waals surface area contributed by atoms with Crippen LogP contribution in [-0.4, -0.2) is 31.1 Å². The quantitative estimate of drug-likeness (QED) is 0.552. The molecule has 2 aromatic rings. The van der Waals surface area contributed by atoms with Crippen LogP contribution in [-0.2, 0) is 16.0 Å². The van der Waals surface area contributed by atoms with Crippen LogP contribution in [0.1, 0.15) is 47.6 Å². The van der Waals surface area contributed by atoms with Gasteiger partial charge in [-0.05, 0) is 79.0 Å². The van der Waals surface area contributed by atoms with Gasteiger partial charge in [0.2, 0.25) is 0 Å². The molecule has 1 aliphatic heterocycles. The minimum atomic E-state index is -0.261. The highest BCUT2D eigenvalue weighted by Crippen LogP contribution is 2.47. The van der Waals surface area contributed by atoms with Crippen molar-refractivity contribution in [3.05, 3.63) is 70.5 Å². The molecule has 0 N–H and O–H groups in total. The third-order valence-electron chi connectivity index (χ3n) is 7.14. The van der Waals surface area contributed by atoms with E-state index in [-0.39, 0.29) is 17.7 Å². The number of carbonyl (C=O) groups excluding carboxylic acids is 1. The third kappa shape index (κ3) is 3.52. The molecule has 2 bridgehead atoms. The number of hydrogen-bond acceptors (Lipinski definition) is 3. The van der Waals surface area contributed by atoms with Crippen LogP contribution in [0.5, 0.6) is 0 Å². The topological polar surface area (TPSA) is 29.5 Å². The van der Waals surface area contributed by atoms with Crippen molar-refractivity contribution in [1.82, 2.24) is 4.90 Å². The third-order valence-corrected chi connectivity index (χ3v) is 7.14. The average molecular weight is 403 g/mol. The van der Waals surface area contributed by atoms with Gasteiger partial charge in [0, 0.05) is 30.3 Å². The molecule has 3 nitrogen and oxygen atoms in total. The molecule has 154 valence electrons. The van der Waals surface area contributed by atoms with E-state index in [1.165, 1.54) is 30.4 Å². The number of aryl methyl sites for hydroxylation is 1. The fraction of sp³-hybridized carbons (Fsp3) is 0.423. The second-order valence-corrected chi connectivity index (χ2v) is 8.83. The highest BCUT2D eigenvalue weighted by Gasteiger charge is 2.48. The SMILES string of the molecule is COC(=O)C1[C@@H]2CC[C@H]1CN(C1CCc3cc(C#Cc4cccc(F)c4)ccc31)C2. The second-order valence-electron chi connectivity index (χ2n) is 8.83. The van der Waals surface area contributed by atoms with Crippen molar-refractivity contribution in [3.8, 4) is 11.8 Å². The largest absolute Gasteiger partial charge is 0.469 e. The number of halogens is 1. The molecule has 3 aliphatic rings. The molecule has 0 radical (unpaired) electrons. The summed E-state index contributed by atoms with van der Waals surface area (Å²) in [6, 6.07) is 13.3. The van der Waals surface area contributed by atoms with Crippen LogP contribution < -0.4 is 0 Å². The molecule has 2 aromatic carbocycles. The first-order valence-electron chi connectivity index (χ1n) is 10.8. The molecule has 2 fully saturated rings. The zero-order valence-corrected chi connectivity index (χ0v) is 17.2. The fourth-order valence-corrected chi connectivity index (χ4v) is 5.80. The highest BCUT2D eigenvalue weighted by atomic mass is 19.1. The Kier molecular flexibility index (Phi) is 5.08. The van der Waals surface area contributed by atoms with E-state index in [1.54, 1.807) is 6.07 Å². The van der Waals surface area contributed by atoms with Gasteiger partial charge in [-0.25, -0.2) is 4.39 Å². The molecule has 5 rings (SSSR count). The lowest BCUT2D eigenvalue weighted by Gasteiger charge is -2.40. The number of carbonyl (C=O) groups is 1. The van der Waals surface area contributed by atoms with Crippen LogP contribution in [0.2, 0.25) is 0 Å². The Balaban J connectivity index is 1.32. The molecule has 1 saturated carbocycles. The number of methoxy groups -OCH3 is 1. The van der Waals surface area contributed by atoms with E-state index in [2.05, 4.69) is 34.9 Å². The Morgan fingerprint density at radius 1 is 1.03 bits per heavy atom. The maximum Gasteiger partial charge on any atom is 0.309 e. The molecule has 0 spiro atoms. The van der Waals surface area contributed by atoms with Crippen molar-refractivity contribution < 1.29 is 13.9 Å². The summed E-state index contributed by atoms with van der Waals surface area (Å²) in [7, 11) is 1.51. The minimum absolute atomic E-state index is 0.0181. The number of benzene rings is 2. The molecular weight excluding hydrogens is 377 g/mol. The molecule has 2 aliphatic carbocycles. The Bertz CT molecular complexity index is 1020. The van der Waals surface area contributed by atoms with Gasteiger partial charge in [0.05, 0.1) is 13.0 Å². The number of likely N-dealkylation sites (tertiary alicyclic amines) is 1. The van der Waals surface area contributed by atoms with Crippen LogP contribution in [0.4, 0.5) is 4.39 Å². The number of ether oxygens (including phenoxy) is 1. The molecule has 1 heterocycles. The van der Waals surface area contributed by atoms with Gasteiger partial charge in [-0.2, -0.15) is 0 Å². The summed E-state index contributed by atoms with van der Waals surface area (Å²) >= 11 is 0. The summed E-state index contributed by atoms with van der Waals surface area (Å²) in [6.45, 7) is 1.98. The number of hydrogen-bond donors (Lipinski definition) is 0. The minimum Gasteiger partial charge on any atom is -0.469 e. The van der Waals surface area contributed by atoms with Crippen LogP contribution in [0.15, 0.2) is 42.5 Å². The van der Waals surface area contributed by atoms with Crippen LogP contribution >= 0.6 is 0 Å². The smallest absolute Gasteiger partial charge is 0.309 e. The summed E-state index contributed by atoms with van der Waals surface area (Å²) < 4.78 is 18.4. The number of piperidine rings is 1. The first-order valence-corrected chi connectivity index (χ1v) is 10.8. The zero-order valence-electron chi connectivity index (χ0n) is 17.2. The van der Waals surface area contributed by atoms with Crippen LogP contribution in [0.25, 0.3) is 0 Å². The van der Waals surface area contributed by atoms with Gasteiger partial charge >= 0.3 is 5.97 Å². The second kappa shape index (κ2) is 7.89. The summed E-state index contributed by atoms with van der Waals surface area (Å²) in [4.78, 5) is 14.8. The number of rotatable bonds is 2. The Morgan fingerprint density at radius 3 is 2.47 bits per heavy atom. The molecule has 0 amide bonds. The van der Waals surface area contributed by atoms with Gasteiger partial charge in [-0.1, -0.05) is 24.0 Å². The number of esters is 1. The number of nitrogens with zero attached hydrogens (tertiary/aromatic N) is 1. The van der Waals surface area contributed by atoms with E-state index in [4.69, 9.17) is 4.74 Å². The molecule has 4 atom stereocenters. The van der Waals surface area contributed by atoms with E-state index in [0.29, 0.717) is 23.4 Å². The first-order chi connectivity index (χ1) is 14.6. The van der Waals surface area contributed by atoms with Gasteiger partial charge in [0.1, 0.15) is 5.82 Å². The van der Waals surface area contributed by atoms with E-state index in [0.717, 1.165) is 44.3 Å². The van der Waals surface area contributed by atoms with Gasteiger partial charge in [-0.3, -0.25) is 9.69 Å². The molecule has 1 saturated heterocycles. The first kappa shape index (κ1) is 19.3. The molecule has 30 heavy (non-hydrogen) atoms. The summed E-state index contributed by atoms with van der Waals surface area (Å²) in [5.41, 5.74) is 4.44.